The highest BCUT2D eigenvalue weighted by Gasteiger charge is 2.12. The van der Waals surface area contributed by atoms with Crippen molar-refractivity contribution in [3.8, 4) is 11.8 Å². The van der Waals surface area contributed by atoms with Gasteiger partial charge in [-0.15, -0.1) is 10.2 Å². The molecule has 0 saturated carbocycles. The monoisotopic (exact) mass is 331 g/mol. The predicted octanol–water partition coefficient (Wildman–Crippen LogP) is 2.46. The van der Waals surface area contributed by atoms with Crippen LogP contribution in [0.1, 0.15) is 5.56 Å². The predicted molar refractivity (Wildman–Crippen MR) is 84.7 cm³/mol. The van der Waals surface area contributed by atoms with E-state index in [1.165, 1.54) is 16.3 Å². The molecule has 0 spiro atoms. The first-order valence-electron chi connectivity index (χ1n) is 6.34. The van der Waals surface area contributed by atoms with Crippen molar-refractivity contribution >= 4 is 29.0 Å². The van der Waals surface area contributed by atoms with E-state index >= 15 is 0 Å². The number of aryl methyl sites for hydroxylation is 1. The summed E-state index contributed by atoms with van der Waals surface area (Å²) in [6.45, 7) is 1.90. The summed E-state index contributed by atoms with van der Waals surface area (Å²) in [7, 11) is 0. The topological polar surface area (TPSA) is 76.0 Å². The normalized spacial score (nSPS) is 10.8. The average molecular weight is 332 g/mol. The summed E-state index contributed by atoms with van der Waals surface area (Å²) in [5, 5.41) is 17.6. The summed E-state index contributed by atoms with van der Waals surface area (Å²) in [5.41, 5.74) is 1.52. The maximum atomic E-state index is 12.5. The van der Waals surface area contributed by atoms with Crippen LogP contribution >= 0.6 is 23.4 Å². The minimum atomic E-state index is -0.293. The molecule has 110 valence electrons. The van der Waals surface area contributed by atoms with Crippen molar-refractivity contribution in [2.75, 3.05) is 5.75 Å². The summed E-state index contributed by atoms with van der Waals surface area (Å²) >= 11 is 7.34. The fraction of sp³-hybridized carbons (Fsp3) is 0.143. The molecule has 22 heavy (non-hydrogen) atoms. The van der Waals surface area contributed by atoms with Crippen molar-refractivity contribution in [3.05, 3.63) is 51.5 Å². The molecule has 2 aromatic heterocycles. The number of nitrogens with zero attached hydrogens (tertiary/aromatic N) is 5. The van der Waals surface area contributed by atoms with Gasteiger partial charge >= 0.3 is 5.56 Å². The Bertz CT molecular complexity index is 956. The maximum absolute atomic E-state index is 12.5. The first kappa shape index (κ1) is 14.6. The van der Waals surface area contributed by atoms with Crippen LogP contribution < -0.4 is 5.56 Å². The lowest BCUT2D eigenvalue weighted by atomic mass is 10.2. The molecule has 6 nitrogen and oxygen atoms in total. The van der Waals surface area contributed by atoms with E-state index in [0.717, 1.165) is 5.56 Å². The molecule has 0 fully saturated rings. The number of hydrogen-bond donors (Lipinski definition) is 0. The number of nitriles is 1. The zero-order valence-electron chi connectivity index (χ0n) is 11.5. The zero-order valence-corrected chi connectivity index (χ0v) is 13.1. The van der Waals surface area contributed by atoms with Crippen LogP contribution in [-0.2, 0) is 0 Å². The maximum Gasteiger partial charge on any atom is 0.300 e. The molecule has 8 heteroatoms. The number of rotatable bonds is 3. The summed E-state index contributed by atoms with van der Waals surface area (Å²) in [6, 6.07) is 7.42. The molecule has 0 aliphatic carbocycles. The van der Waals surface area contributed by atoms with Crippen LogP contribution in [-0.4, -0.2) is 24.9 Å². The smallest absolute Gasteiger partial charge is 0.280 e. The molecule has 2 heterocycles. The van der Waals surface area contributed by atoms with E-state index in [0.29, 0.717) is 15.9 Å². The molecule has 0 aliphatic rings. The highest BCUT2D eigenvalue weighted by Crippen LogP contribution is 2.19. The van der Waals surface area contributed by atoms with E-state index in [9.17, 15) is 4.79 Å². The van der Waals surface area contributed by atoms with Crippen molar-refractivity contribution in [1.82, 2.24) is 19.2 Å². The second-order valence-electron chi connectivity index (χ2n) is 4.53. The Labute approximate surface area is 135 Å². The molecule has 3 rings (SSSR count). The third-order valence-electron chi connectivity index (χ3n) is 3.14. The average Bonchev–Trinajstić information content (AvgIpc) is 2.92. The molecule has 0 unspecified atom stereocenters. The van der Waals surface area contributed by atoms with Crippen molar-refractivity contribution in [2.24, 2.45) is 0 Å². The molecule has 0 N–H and O–H groups in total. The lowest BCUT2D eigenvalue weighted by molar-refractivity contribution is 0.894. The molecule has 0 amide bonds. The van der Waals surface area contributed by atoms with E-state index in [1.54, 1.807) is 22.9 Å². The van der Waals surface area contributed by atoms with E-state index in [-0.39, 0.29) is 17.0 Å². The highest BCUT2D eigenvalue weighted by atomic mass is 35.5. The van der Waals surface area contributed by atoms with Crippen LogP contribution in [0.15, 0.2) is 40.5 Å². The summed E-state index contributed by atoms with van der Waals surface area (Å²) in [6.07, 6.45) is 3.33. The van der Waals surface area contributed by atoms with Gasteiger partial charge in [-0.1, -0.05) is 29.4 Å². The van der Waals surface area contributed by atoms with Crippen molar-refractivity contribution < 1.29 is 0 Å². The molecule has 0 radical (unpaired) electrons. The summed E-state index contributed by atoms with van der Waals surface area (Å²) in [4.78, 5) is 12.5. The minimum absolute atomic E-state index is 0.208. The largest absolute Gasteiger partial charge is 0.300 e. The van der Waals surface area contributed by atoms with Gasteiger partial charge in [0.25, 0.3) is 0 Å². The number of benzene rings is 1. The number of fused-ring (bicyclic) bond motifs is 1. The lowest BCUT2D eigenvalue weighted by Crippen LogP contribution is -2.20. The van der Waals surface area contributed by atoms with Crippen LogP contribution in [0, 0.1) is 18.3 Å². The standard InChI is InChI=1S/C14H10ClN5OS/c1-9-2-3-10(8-11(9)15)19-5-6-20-12(13(19)21)17-18-14(20)22-7-4-16/h2-3,5-6,8H,7H2,1H3. The molecule has 1 aromatic carbocycles. The van der Waals surface area contributed by atoms with Crippen LogP contribution in [0.5, 0.6) is 0 Å². The quantitative estimate of drug-likeness (QED) is 0.689. The van der Waals surface area contributed by atoms with Gasteiger partial charge in [0.05, 0.1) is 17.5 Å². The Morgan fingerprint density at radius 1 is 1.36 bits per heavy atom. The fourth-order valence-electron chi connectivity index (χ4n) is 2.00. The van der Waals surface area contributed by atoms with Gasteiger partial charge in [0.2, 0.25) is 5.65 Å². The molecular formula is C14H10ClN5OS. The van der Waals surface area contributed by atoms with Gasteiger partial charge < -0.3 is 0 Å². The molecule has 0 bridgehead atoms. The van der Waals surface area contributed by atoms with E-state index in [4.69, 9.17) is 16.9 Å². The third kappa shape index (κ3) is 2.47. The second-order valence-corrected chi connectivity index (χ2v) is 5.88. The Morgan fingerprint density at radius 3 is 2.91 bits per heavy atom. The van der Waals surface area contributed by atoms with Crippen molar-refractivity contribution in [3.63, 3.8) is 0 Å². The van der Waals surface area contributed by atoms with Crippen LogP contribution in [0.3, 0.4) is 0 Å². The molecule has 3 aromatic rings. The van der Waals surface area contributed by atoms with Crippen LogP contribution in [0.2, 0.25) is 5.02 Å². The number of halogens is 1. The number of thioether (sulfide) groups is 1. The molecule has 0 atom stereocenters. The number of hydrogen-bond acceptors (Lipinski definition) is 5. The second kappa shape index (κ2) is 5.83. The van der Waals surface area contributed by atoms with Gasteiger partial charge in [0.1, 0.15) is 0 Å². The van der Waals surface area contributed by atoms with Gasteiger partial charge in [0.15, 0.2) is 5.16 Å². The number of aromatic nitrogens is 4. The van der Waals surface area contributed by atoms with Gasteiger partial charge in [-0.2, -0.15) is 5.26 Å². The van der Waals surface area contributed by atoms with Gasteiger partial charge in [-0.25, -0.2) is 0 Å². The van der Waals surface area contributed by atoms with Gasteiger partial charge in [-0.05, 0) is 24.6 Å². The Balaban J connectivity index is 2.13. The van der Waals surface area contributed by atoms with Crippen molar-refractivity contribution in [2.45, 2.75) is 12.1 Å². The molecule has 0 aliphatic heterocycles. The first-order chi connectivity index (χ1) is 10.6. The zero-order chi connectivity index (χ0) is 15.7. The van der Waals surface area contributed by atoms with Crippen LogP contribution in [0.25, 0.3) is 11.3 Å². The molecular weight excluding hydrogens is 322 g/mol. The molecule has 0 saturated heterocycles. The Morgan fingerprint density at radius 2 is 2.18 bits per heavy atom. The van der Waals surface area contributed by atoms with E-state index in [2.05, 4.69) is 10.2 Å². The summed E-state index contributed by atoms with van der Waals surface area (Å²) in [5.74, 6) is 0.247. The van der Waals surface area contributed by atoms with E-state index in [1.807, 2.05) is 25.1 Å². The van der Waals surface area contributed by atoms with E-state index < -0.39 is 0 Å². The summed E-state index contributed by atoms with van der Waals surface area (Å²) < 4.78 is 3.05. The van der Waals surface area contributed by atoms with Gasteiger partial charge in [-0.3, -0.25) is 13.8 Å². The van der Waals surface area contributed by atoms with Gasteiger partial charge in [0, 0.05) is 17.4 Å². The Hall–Kier alpha value is -2.30. The SMILES string of the molecule is Cc1ccc(-n2ccn3c(SCC#N)nnc3c2=O)cc1Cl. The lowest BCUT2D eigenvalue weighted by Gasteiger charge is -2.07. The van der Waals surface area contributed by atoms with Crippen LogP contribution in [0.4, 0.5) is 0 Å². The minimum Gasteiger partial charge on any atom is -0.280 e. The first-order valence-corrected chi connectivity index (χ1v) is 7.71. The fourth-order valence-corrected chi connectivity index (χ4v) is 2.75. The Kier molecular flexibility index (Phi) is 3.88. The highest BCUT2D eigenvalue weighted by molar-refractivity contribution is 7.99. The van der Waals surface area contributed by atoms with Crippen molar-refractivity contribution in [1.29, 1.82) is 5.26 Å². The third-order valence-corrected chi connectivity index (χ3v) is 4.36.